The molecule has 1 atom stereocenters. The minimum absolute atomic E-state index is 0.00162. The fourth-order valence-electron chi connectivity index (χ4n) is 2.92. The Morgan fingerprint density at radius 3 is 2.83 bits per heavy atom. The molecule has 23 heavy (non-hydrogen) atoms. The molecule has 1 saturated carbocycles. The summed E-state index contributed by atoms with van der Waals surface area (Å²) < 4.78 is 5.83. The van der Waals surface area contributed by atoms with Gasteiger partial charge in [-0.3, -0.25) is 4.79 Å². The molecular formula is C19H29NO2S. The number of thioether (sulfide) groups is 1. The number of hydrogen-bond acceptors (Lipinski definition) is 3. The van der Waals surface area contributed by atoms with Crippen molar-refractivity contribution in [2.75, 3.05) is 12.3 Å². The Morgan fingerprint density at radius 1 is 1.35 bits per heavy atom. The summed E-state index contributed by atoms with van der Waals surface area (Å²) in [5.41, 5.74) is 1.14. The summed E-state index contributed by atoms with van der Waals surface area (Å²) in [4.78, 5) is 12.3. The third-order valence-corrected chi connectivity index (χ3v) is 5.62. The molecule has 0 saturated heterocycles. The first-order chi connectivity index (χ1) is 11.2. The van der Waals surface area contributed by atoms with E-state index in [2.05, 4.69) is 5.32 Å². The number of nitrogens with one attached hydrogen (secondary N) is 1. The zero-order chi connectivity index (χ0) is 16.5. The van der Waals surface area contributed by atoms with Crippen molar-refractivity contribution in [3.63, 3.8) is 0 Å². The van der Waals surface area contributed by atoms with Gasteiger partial charge in [-0.2, -0.15) is 11.8 Å². The first-order valence-electron chi connectivity index (χ1n) is 8.81. The van der Waals surface area contributed by atoms with Crippen LogP contribution in [0.15, 0.2) is 24.3 Å². The van der Waals surface area contributed by atoms with Gasteiger partial charge in [-0.15, -0.1) is 0 Å². The average molecular weight is 336 g/mol. The van der Waals surface area contributed by atoms with Gasteiger partial charge < -0.3 is 10.1 Å². The van der Waals surface area contributed by atoms with E-state index in [0.29, 0.717) is 6.42 Å². The minimum atomic E-state index is -0.406. The lowest BCUT2D eigenvalue weighted by Gasteiger charge is -2.21. The molecule has 2 rings (SSSR count). The molecule has 3 nitrogen and oxygen atoms in total. The van der Waals surface area contributed by atoms with Crippen molar-refractivity contribution in [3.05, 3.63) is 29.8 Å². The molecule has 0 spiro atoms. The first-order valence-corrected chi connectivity index (χ1v) is 9.86. The number of ether oxygens (including phenoxy) is 1. The molecule has 0 heterocycles. The van der Waals surface area contributed by atoms with Gasteiger partial charge in [-0.1, -0.05) is 38.3 Å². The fraction of sp³-hybridized carbons (Fsp3) is 0.632. The third-order valence-electron chi connectivity index (χ3n) is 4.24. The monoisotopic (exact) mass is 335 g/mol. The van der Waals surface area contributed by atoms with Gasteiger partial charge in [0.25, 0.3) is 5.91 Å². The van der Waals surface area contributed by atoms with Crippen LogP contribution in [0.1, 0.15) is 51.0 Å². The Kier molecular flexibility index (Phi) is 7.80. The number of hydrogen-bond donors (Lipinski definition) is 1. The maximum atomic E-state index is 12.3. The van der Waals surface area contributed by atoms with Crippen LogP contribution in [0.4, 0.5) is 0 Å². The van der Waals surface area contributed by atoms with E-state index >= 15 is 0 Å². The smallest absolute Gasteiger partial charge is 0.261 e. The van der Waals surface area contributed by atoms with E-state index in [0.717, 1.165) is 28.9 Å². The lowest BCUT2D eigenvalue weighted by molar-refractivity contribution is -0.127. The highest BCUT2D eigenvalue weighted by molar-refractivity contribution is 7.99. The Morgan fingerprint density at radius 2 is 2.13 bits per heavy atom. The molecule has 1 unspecified atom stereocenters. The molecule has 1 N–H and O–H groups in total. The fourth-order valence-corrected chi connectivity index (χ4v) is 4.14. The molecule has 4 heteroatoms. The molecular weight excluding hydrogens is 306 g/mol. The average Bonchev–Trinajstić information content (AvgIpc) is 2.57. The van der Waals surface area contributed by atoms with Crippen molar-refractivity contribution in [1.29, 1.82) is 0 Å². The molecule has 0 aliphatic heterocycles. The first kappa shape index (κ1) is 18.2. The topological polar surface area (TPSA) is 38.3 Å². The lowest BCUT2D eigenvalue weighted by Crippen LogP contribution is -2.39. The number of aryl methyl sites for hydroxylation is 1. The van der Waals surface area contributed by atoms with Gasteiger partial charge in [0.15, 0.2) is 6.10 Å². The van der Waals surface area contributed by atoms with Crippen molar-refractivity contribution < 1.29 is 9.53 Å². The SMILES string of the molecule is CCC(Oc1cccc(C)c1)C(=O)NCCSC1CCCCC1. The Hall–Kier alpha value is -1.16. The normalized spacial score (nSPS) is 16.8. The van der Waals surface area contributed by atoms with Crippen LogP contribution in [0.3, 0.4) is 0 Å². The largest absolute Gasteiger partial charge is 0.481 e. The van der Waals surface area contributed by atoms with Crippen LogP contribution >= 0.6 is 11.8 Å². The molecule has 0 radical (unpaired) electrons. The van der Waals surface area contributed by atoms with Gasteiger partial charge in [0.2, 0.25) is 0 Å². The van der Waals surface area contributed by atoms with Crippen LogP contribution < -0.4 is 10.1 Å². The van der Waals surface area contributed by atoms with Crippen molar-refractivity contribution >= 4 is 17.7 Å². The van der Waals surface area contributed by atoms with Crippen LogP contribution in [-0.2, 0) is 4.79 Å². The van der Waals surface area contributed by atoms with E-state index in [1.165, 1.54) is 32.1 Å². The molecule has 0 aromatic heterocycles. The van der Waals surface area contributed by atoms with Crippen LogP contribution in [0, 0.1) is 6.92 Å². The summed E-state index contributed by atoms with van der Waals surface area (Å²) in [6, 6.07) is 7.85. The van der Waals surface area contributed by atoms with Crippen LogP contribution in [0.2, 0.25) is 0 Å². The molecule has 1 fully saturated rings. The molecule has 1 aliphatic carbocycles. The number of rotatable bonds is 8. The molecule has 128 valence electrons. The number of carbonyl (C=O) groups excluding carboxylic acids is 1. The summed E-state index contributed by atoms with van der Waals surface area (Å²) in [7, 11) is 0. The highest BCUT2D eigenvalue weighted by Crippen LogP contribution is 2.27. The zero-order valence-corrected chi connectivity index (χ0v) is 15.2. The third kappa shape index (κ3) is 6.46. The maximum Gasteiger partial charge on any atom is 0.261 e. The predicted molar refractivity (Wildman–Crippen MR) is 98.2 cm³/mol. The van der Waals surface area contributed by atoms with Gasteiger partial charge in [0.1, 0.15) is 5.75 Å². The Bertz CT molecular complexity index is 486. The lowest BCUT2D eigenvalue weighted by atomic mass is 10.0. The van der Waals surface area contributed by atoms with Crippen molar-refractivity contribution in [2.45, 2.75) is 63.7 Å². The zero-order valence-electron chi connectivity index (χ0n) is 14.3. The second kappa shape index (κ2) is 9.86. The van der Waals surface area contributed by atoms with E-state index in [1.807, 2.05) is 49.9 Å². The van der Waals surface area contributed by atoms with Crippen molar-refractivity contribution in [2.24, 2.45) is 0 Å². The summed E-state index contributed by atoms with van der Waals surface area (Å²) in [6.45, 7) is 4.74. The van der Waals surface area contributed by atoms with E-state index < -0.39 is 6.10 Å². The van der Waals surface area contributed by atoms with E-state index in [1.54, 1.807) is 0 Å². The summed E-state index contributed by atoms with van der Waals surface area (Å²) in [6.07, 6.45) is 7.08. The summed E-state index contributed by atoms with van der Waals surface area (Å²) in [5.74, 6) is 1.76. The van der Waals surface area contributed by atoms with E-state index in [-0.39, 0.29) is 5.91 Å². The van der Waals surface area contributed by atoms with E-state index in [4.69, 9.17) is 4.74 Å². The standard InChI is InChI=1S/C19H29NO2S/c1-3-18(22-16-9-7-8-15(2)14-16)19(21)20-12-13-23-17-10-5-4-6-11-17/h7-9,14,17-18H,3-6,10-13H2,1-2H3,(H,20,21). The molecule has 1 aromatic rings. The van der Waals surface area contributed by atoms with Crippen molar-refractivity contribution in [1.82, 2.24) is 5.32 Å². The second-order valence-electron chi connectivity index (χ2n) is 6.25. The van der Waals surface area contributed by atoms with Gasteiger partial charge in [-0.25, -0.2) is 0 Å². The number of benzene rings is 1. The van der Waals surface area contributed by atoms with Gasteiger partial charge in [0.05, 0.1) is 0 Å². The molecule has 1 aliphatic rings. The predicted octanol–water partition coefficient (Wildman–Crippen LogP) is 4.33. The van der Waals surface area contributed by atoms with Crippen LogP contribution in [0.5, 0.6) is 5.75 Å². The molecule has 0 bridgehead atoms. The maximum absolute atomic E-state index is 12.3. The van der Waals surface area contributed by atoms with Gasteiger partial charge in [0, 0.05) is 17.5 Å². The van der Waals surface area contributed by atoms with E-state index in [9.17, 15) is 4.79 Å². The second-order valence-corrected chi connectivity index (χ2v) is 7.66. The minimum Gasteiger partial charge on any atom is -0.481 e. The highest BCUT2D eigenvalue weighted by Gasteiger charge is 2.18. The molecule has 1 aromatic carbocycles. The highest BCUT2D eigenvalue weighted by atomic mass is 32.2. The van der Waals surface area contributed by atoms with Crippen LogP contribution in [-0.4, -0.2) is 29.6 Å². The number of carbonyl (C=O) groups is 1. The Balaban J connectivity index is 1.69. The quantitative estimate of drug-likeness (QED) is 0.718. The summed E-state index contributed by atoms with van der Waals surface area (Å²) in [5, 5.41) is 3.82. The van der Waals surface area contributed by atoms with Crippen molar-refractivity contribution in [3.8, 4) is 5.75 Å². The van der Waals surface area contributed by atoms with Gasteiger partial charge >= 0.3 is 0 Å². The van der Waals surface area contributed by atoms with Gasteiger partial charge in [-0.05, 0) is 43.9 Å². The summed E-state index contributed by atoms with van der Waals surface area (Å²) >= 11 is 2.01. The van der Waals surface area contributed by atoms with Crippen LogP contribution in [0.25, 0.3) is 0 Å². The number of amides is 1. The Labute approximate surface area is 144 Å². The molecule has 1 amide bonds.